The zero-order valence-corrected chi connectivity index (χ0v) is 21.7. The zero-order chi connectivity index (χ0) is 26.9. The minimum atomic E-state index is -0.715. The number of hydrogen-bond donors (Lipinski definition) is 2. The number of pyridine rings is 2. The van der Waals surface area contributed by atoms with E-state index in [1.165, 1.54) is 5.56 Å². The topological polar surface area (TPSA) is 110 Å². The molecule has 3 N–H and O–H groups in total. The lowest BCUT2D eigenvalue weighted by Crippen LogP contribution is -2.25. The Kier molecular flexibility index (Phi) is 6.54. The summed E-state index contributed by atoms with van der Waals surface area (Å²) in [5.74, 6) is 0.252. The standard InChI is InChI=1S/C31H30N6O2/c1-20(31(38)39)23-15-17-36(19-23)18-21-9-11-24(12-10-21)37-29(25-8-5-16-33-28(25)32)35-27-14-13-26(34-30(27)37)22-6-3-2-4-7-22/h2-14,16,20,23H,15,17-19H2,1H3,(H2,32,33)(H,38,39). The van der Waals surface area contributed by atoms with Crippen LogP contribution in [0.3, 0.4) is 0 Å². The van der Waals surface area contributed by atoms with E-state index in [4.69, 9.17) is 15.7 Å². The minimum Gasteiger partial charge on any atom is -0.481 e. The third-order valence-corrected chi connectivity index (χ3v) is 7.66. The molecule has 6 rings (SSSR count). The number of benzene rings is 2. The predicted molar refractivity (Wildman–Crippen MR) is 152 cm³/mol. The number of aliphatic carboxylic acids is 1. The summed E-state index contributed by atoms with van der Waals surface area (Å²) in [6.45, 7) is 4.31. The molecule has 196 valence electrons. The Morgan fingerprint density at radius 2 is 1.82 bits per heavy atom. The van der Waals surface area contributed by atoms with E-state index < -0.39 is 5.97 Å². The molecule has 2 unspecified atom stereocenters. The number of nitrogens with two attached hydrogens (primary N) is 1. The van der Waals surface area contributed by atoms with Gasteiger partial charge in [-0.3, -0.25) is 14.3 Å². The number of hydrogen-bond acceptors (Lipinski definition) is 6. The SMILES string of the molecule is CC(C(=O)O)C1CCN(Cc2ccc(-n3c(-c4cccnc4N)nc4ccc(-c5ccccc5)nc43)cc2)C1. The lowest BCUT2D eigenvalue weighted by molar-refractivity contribution is -0.142. The van der Waals surface area contributed by atoms with Crippen LogP contribution in [0.4, 0.5) is 5.82 Å². The van der Waals surface area contributed by atoms with Gasteiger partial charge in [-0.25, -0.2) is 15.0 Å². The fourth-order valence-corrected chi connectivity index (χ4v) is 5.38. The number of imidazole rings is 1. The summed E-state index contributed by atoms with van der Waals surface area (Å²) in [5.41, 5.74) is 12.5. The third kappa shape index (κ3) is 4.86. The Hall–Kier alpha value is -4.56. The van der Waals surface area contributed by atoms with E-state index in [2.05, 4.69) is 34.1 Å². The van der Waals surface area contributed by atoms with Crippen molar-refractivity contribution in [3.05, 3.63) is 90.6 Å². The van der Waals surface area contributed by atoms with Crippen LogP contribution >= 0.6 is 0 Å². The van der Waals surface area contributed by atoms with Crippen LogP contribution in [-0.2, 0) is 11.3 Å². The molecule has 8 nitrogen and oxygen atoms in total. The van der Waals surface area contributed by atoms with Gasteiger partial charge in [-0.2, -0.15) is 0 Å². The number of rotatable bonds is 7. The molecule has 2 atom stereocenters. The number of anilines is 1. The van der Waals surface area contributed by atoms with Crippen LogP contribution in [0.1, 0.15) is 18.9 Å². The second-order valence-electron chi connectivity index (χ2n) is 10.2. The lowest BCUT2D eigenvalue weighted by atomic mass is 9.94. The first-order valence-corrected chi connectivity index (χ1v) is 13.2. The van der Waals surface area contributed by atoms with Gasteiger partial charge in [0, 0.05) is 30.5 Å². The van der Waals surface area contributed by atoms with Crippen molar-refractivity contribution < 1.29 is 9.90 Å². The van der Waals surface area contributed by atoms with Crippen molar-refractivity contribution in [2.24, 2.45) is 11.8 Å². The van der Waals surface area contributed by atoms with Gasteiger partial charge >= 0.3 is 5.97 Å². The highest BCUT2D eigenvalue weighted by Crippen LogP contribution is 2.32. The molecule has 1 saturated heterocycles. The molecule has 0 aliphatic carbocycles. The molecular weight excluding hydrogens is 488 g/mol. The summed E-state index contributed by atoms with van der Waals surface area (Å²) < 4.78 is 2.04. The molecule has 1 aliphatic rings. The van der Waals surface area contributed by atoms with Crippen LogP contribution in [0.2, 0.25) is 0 Å². The molecule has 3 aromatic heterocycles. The number of nitrogen functional groups attached to an aromatic ring is 1. The number of nitrogens with zero attached hydrogens (tertiary/aromatic N) is 5. The van der Waals surface area contributed by atoms with E-state index >= 15 is 0 Å². The average Bonchev–Trinajstić information content (AvgIpc) is 3.58. The zero-order valence-electron chi connectivity index (χ0n) is 21.7. The summed E-state index contributed by atoms with van der Waals surface area (Å²) in [6, 6.07) is 26.3. The molecule has 5 aromatic rings. The van der Waals surface area contributed by atoms with Crippen molar-refractivity contribution in [1.29, 1.82) is 0 Å². The van der Waals surface area contributed by atoms with Crippen LogP contribution in [0.15, 0.2) is 85.1 Å². The Balaban J connectivity index is 1.36. The first kappa shape index (κ1) is 24.8. The lowest BCUT2D eigenvalue weighted by Gasteiger charge is -2.18. The molecule has 0 radical (unpaired) electrons. The second-order valence-corrected chi connectivity index (χ2v) is 10.2. The molecule has 4 heterocycles. The highest BCUT2D eigenvalue weighted by molar-refractivity contribution is 5.84. The van der Waals surface area contributed by atoms with E-state index in [1.807, 2.05) is 66.1 Å². The average molecular weight is 519 g/mol. The molecule has 8 heteroatoms. The van der Waals surface area contributed by atoms with Crippen molar-refractivity contribution in [2.45, 2.75) is 19.9 Å². The summed E-state index contributed by atoms with van der Waals surface area (Å²) in [7, 11) is 0. The Morgan fingerprint density at radius 3 is 2.56 bits per heavy atom. The third-order valence-electron chi connectivity index (χ3n) is 7.66. The molecule has 2 aromatic carbocycles. The Bertz CT molecular complexity index is 1630. The van der Waals surface area contributed by atoms with Crippen LogP contribution < -0.4 is 5.73 Å². The second kappa shape index (κ2) is 10.3. The van der Waals surface area contributed by atoms with Crippen molar-refractivity contribution in [2.75, 3.05) is 18.8 Å². The number of aromatic nitrogens is 4. The Morgan fingerprint density at radius 1 is 1.03 bits per heavy atom. The normalized spacial score (nSPS) is 16.5. The molecule has 0 amide bonds. The van der Waals surface area contributed by atoms with Gasteiger partial charge in [-0.05, 0) is 60.8 Å². The van der Waals surface area contributed by atoms with Gasteiger partial charge in [0.05, 0.1) is 17.2 Å². The molecule has 39 heavy (non-hydrogen) atoms. The molecule has 0 spiro atoms. The molecule has 0 saturated carbocycles. The number of likely N-dealkylation sites (tertiary alicyclic amines) is 1. The minimum absolute atomic E-state index is 0.191. The summed E-state index contributed by atoms with van der Waals surface area (Å²) >= 11 is 0. The smallest absolute Gasteiger partial charge is 0.306 e. The molecule has 0 bridgehead atoms. The fraction of sp³-hybridized carbons (Fsp3) is 0.226. The van der Waals surface area contributed by atoms with E-state index in [0.717, 1.165) is 59.7 Å². The van der Waals surface area contributed by atoms with E-state index in [1.54, 1.807) is 6.20 Å². The maximum Gasteiger partial charge on any atom is 0.306 e. The predicted octanol–water partition coefficient (Wildman–Crippen LogP) is 5.27. The van der Waals surface area contributed by atoms with E-state index in [9.17, 15) is 9.90 Å². The van der Waals surface area contributed by atoms with E-state index in [-0.39, 0.29) is 11.8 Å². The van der Waals surface area contributed by atoms with Crippen LogP contribution in [0.5, 0.6) is 0 Å². The van der Waals surface area contributed by atoms with Crippen LogP contribution in [-0.4, -0.2) is 48.6 Å². The maximum atomic E-state index is 11.4. The highest BCUT2D eigenvalue weighted by atomic mass is 16.4. The summed E-state index contributed by atoms with van der Waals surface area (Å²) in [5, 5.41) is 9.38. The highest BCUT2D eigenvalue weighted by Gasteiger charge is 2.30. The van der Waals surface area contributed by atoms with Gasteiger partial charge < -0.3 is 10.8 Å². The molecular formula is C31H30N6O2. The fourth-order valence-electron chi connectivity index (χ4n) is 5.38. The molecule has 1 aliphatic heterocycles. The molecule has 1 fully saturated rings. The van der Waals surface area contributed by atoms with Gasteiger partial charge in [-0.15, -0.1) is 0 Å². The Labute approximate surface area is 226 Å². The summed E-state index contributed by atoms with van der Waals surface area (Å²) in [4.78, 5) is 28.0. The van der Waals surface area contributed by atoms with Crippen molar-refractivity contribution in [3.63, 3.8) is 0 Å². The first-order valence-electron chi connectivity index (χ1n) is 13.2. The largest absolute Gasteiger partial charge is 0.481 e. The van der Waals surface area contributed by atoms with Gasteiger partial charge in [0.1, 0.15) is 11.3 Å². The number of carbonyl (C=O) groups is 1. The summed E-state index contributed by atoms with van der Waals surface area (Å²) in [6.07, 6.45) is 2.59. The van der Waals surface area contributed by atoms with Crippen molar-refractivity contribution in [1.82, 2.24) is 24.4 Å². The maximum absolute atomic E-state index is 11.4. The van der Waals surface area contributed by atoms with Gasteiger partial charge in [-0.1, -0.05) is 49.4 Å². The number of carboxylic acids is 1. The quantitative estimate of drug-likeness (QED) is 0.302. The number of fused-ring (bicyclic) bond motifs is 1. The van der Waals surface area contributed by atoms with Crippen molar-refractivity contribution >= 4 is 23.0 Å². The van der Waals surface area contributed by atoms with E-state index in [0.29, 0.717) is 11.6 Å². The first-order chi connectivity index (χ1) is 19.0. The van der Waals surface area contributed by atoms with Gasteiger partial charge in [0.25, 0.3) is 0 Å². The van der Waals surface area contributed by atoms with Gasteiger partial charge in [0.2, 0.25) is 0 Å². The van der Waals surface area contributed by atoms with Crippen molar-refractivity contribution in [3.8, 4) is 28.3 Å². The van der Waals surface area contributed by atoms with Crippen LogP contribution in [0, 0.1) is 11.8 Å². The monoisotopic (exact) mass is 518 g/mol. The van der Waals surface area contributed by atoms with Gasteiger partial charge in [0.15, 0.2) is 11.5 Å². The van der Waals surface area contributed by atoms with Crippen LogP contribution in [0.25, 0.3) is 39.5 Å². The number of carboxylic acid groups (broad SMARTS) is 1.